The number of halogens is 2. The van der Waals surface area contributed by atoms with E-state index in [9.17, 15) is 14.0 Å². The average Bonchev–Trinajstić information content (AvgIpc) is 3.08. The van der Waals surface area contributed by atoms with Crippen LogP contribution in [-0.2, 0) is 11.3 Å². The van der Waals surface area contributed by atoms with E-state index in [2.05, 4.69) is 15.7 Å². The number of nitrogens with one attached hydrogen (secondary N) is 2. The first kappa shape index (κ1) is 18.6. The Morgan fingerprint density at radius 2 is 1.96 bits per heavy atom. The number of benzene rings is 2. The van der Waals surface area contributed by atoms with Gasteiger partial charge in [-0.05, 0) is 29.8 Å². The Kier molecular flexibility index (Phi) is 5.52. The van der Waals surface area contributed by atoms with Gasteiger partial charge in [-0.2, -0.15) is 5.10 Å². The summed E-state index contributed by atoms with van der Waals surface area (Å²) >= 11 is 6.13. The van der Waals surface area contributed by atoms with E-state index in [4.69, 9.17) is 11.6 Å². The number of hydrogen-bond donors (Lipinski definition) is 2. The largest absolute Gasteiger partial charge is 0.326 e. The lowest BCUT2D eigenvalue weighted by Gasteiger charge is -2.08. The Morgan fingerprint density at radius 3 is 2.70 bits per heavy atom. The summed E-state index contributed by atoms with van der Waals surface area (Å²) in [7, 11) is 0. The maximum absolute atomic E-state index is 14.0. The number of carbonyl (C=O) groups excluding carboxylic acids is 2. The number of carbonyl (C=O) groups is 2. The monoisotopic (exact) mass is 386 g/mol. The maximum Gasteiger partial charge on any atom is 0.258 e. The molecule has 6 nitrogen and oxygen atoms in total. The summed E-state index contributed by atoms with van der Waals surface area (Å²) < 4.78 is 15.5. The molecule has 1 heterocycles. The molecule has 1 aromatic heterocycles. The highest BCUT2D eigenvalue weighted by molar-refractivity contribution is 6.31. The van der Waals surface area contributed by atoms with Gasteiger partial charge < -0.3 is 10.6 Å². The molecule has 8 heteroatoms. The van der Waals surface area contributed by atoms with Gasteiger partial charge in [-0.3, -0.25) is 14.3 Å². The van der Waals surface area contributed by atoms with E-state index in [0.29, 0.717) is 17.3 Å². The molecule has 0 aliphatic rings. The summed E-state index contributed by atoms with van der Waals surface area (Å²) in [5, 5.41) is 9.77. The van der Waals surface area contributed by atoms with E-state index < -0.39 is 11.7 Å². The Balaban J connectivity index is 1.73. The van der Waals surface area contributed by atoms with Gasteiger partial charge in [0.1, 0.15) is 5.82 Å². The van der Waals surface area contributed by atoms with E-state index >= 15 is 0 Å². The molecule has 0 unspecified atom stereocenters. The van der Waals surface area contributed by atoms with Crippen LogP contribution in [0.4, 0.5) is 15.8 Å². The molecule has 0 radical (unpaired) electrons. The lowest BCUT2D eigenvalue weighted by molar-refractivity contribution is -0.114. The van der Waals surface area contributed by atoms with Crippen molar-refractivity contribution in [2.45, 2.75) is 13.5 Å². The van der Waals surface area contributed by atoms with Crippen molar-refractivity contribution < 1.29 is 14.0 Å². The highest BCUT2D eigenvalue weighted by Gasteiger charge is 2.13. The fraction of sp³-hybridized carbons (Fsp3) is 0.105. The van der Waals surface area contributed by atoms with Crippen LogP contribution >= 0.6 is 11.6 Å². The fourth-order valence-corrected chi connectivity index (χ4v) is 2.66. The normalized spacial score (nSPS) is 10.5. The molecule has 0 saturated heterocycles. The first-order chi connectivity index (χ1) is 12.9. The van der Waals surface area contributed by atoms with E-state index in [0.717, 1.165) is 5.56 Å². The van der Waals surface area contributed by atoms with Crippen LogP contribution in [0.3, 0.4) is 0 Å². The van der Waals surface area contributed by atoms with Gasteiger partial charge in [0.15, 0.2) is 0 Å². The first-order valence-electron chi connectivity index (χ1n) is 8.07. The van der Waals surface area contributed by atoms with Crippen molar-refractivity contribution >= 4 is 34.8 Å². The Morgan fingerprint density at radius 1 is 1.19 bits per heavy atom. The predicted octanol–water partition coefficient (Wildman–Crippen LogP) is 3.93. The molecule has 0 bridgehead atoms. The van der Waals surface area contributed by atoms with Crippen molar-refractivity contribution in [3.63, 3.8) is 0 Å². The first-order valence-corrected chi connectivity index (χ1v) is 8.44. The number of amides is 2. The molecule has 0 fully saturated rings. The molecule has 0 aliphatic carbocycles. The lowest BCUT2D eigenvalue weighted by Crippen LogP contribution is -2.13. The minimum atomic E-state index is -0.610. The van der Waals surface area contributed by atoms with Gasteiger partial charge in [0.25, 0.3) is 5.91 Å². The highest BCUT2D eigenvalue weighted by atomic mass is 35.5. The zero-order valence-corrected chi connectivity index (χ0v) is 15.1. The van der Waals surface area contributed by atoms with Crippen LogP contribution in [0.5, 0.6) is 0 Å². The van der Waals surface area contributed by atoms with Gasteiger partial charge in [0.05, 0.1) is 24.0 Å². The Labute approximate surface area is 160 Å². The number of aromatic nitrogens is 2. The summed E-state index contributed by atoms with van der Waals surface area (Å²) in [5.74, 6) is -1.42. The highest BCUT2D eigenvalue weighted by Crippen LogP contribution is 2.21. The third-order valence-corrected chi connectivity index (χ3v) is 4.09. The topological polar surface area (TPSA) is 76.0 Å². The number of nitrogens with zero attached hydrogens (tertiary/aromatic N) is 2. The Bertz CT molecular complexity index is 1000. The van der Waals surface area contributed by atoms with Crippen LogP contribution in [-0.4, -0.2) is 21.6 Å². The second-order valence-electron chi connectivity index (χ2n) is 5.85. The third kappa shape index (κ3) is 4.71. The minimum absolute atomic E-state index is 0.0369. The second-order valence-corrected chi connectivity index (χ2v) is 6.26. The van der Waals surface area contributed by atoms with Gasteiger partial charge in [-0.15, -0.1) is 0 Å². The van der Waals surface area contributed by atoms with Crippen LogP contribution in [0.1, 0.15) is 22.8 Å². The molecule has 2 aromatic carbocycles. The molecule has 3 rings (SSSR count). The average molecular weight is 387 g/mol. The summed E-state index contributed by atoms with van der Waals surface area (Å²) in [6, 6.07) is 11.3. The summed E-state index contributed by atoms with van der Waals surface area (Å²) in [4.78, 5) is 23.5. The van der Waals surface area contributed by atoms with Gasteiger partial charge >= 0.3 is 0 Å². The summed E-state index contributed by atoms with van der Waals surface area (Å²) in [6.45, 7) is 1.74. The van der Waals surface area contributed by atoms with Crippen molar-refractivity contribution in [1.29, 1.82) is 0 Å². The molecular weight excluding hydrogens is 371 g/mol. The lowest BCUT2D eigenvalue weighted by atomic mass is 10.2. The van der Waals surface area contributed by atoms with Crippen molar-refractivity contribution in [1.82, 2.24) is 9.78 Å². The molecular formula is C19H16ClFN4O2. The van der Waals surface area contributed by atoms with Gasteiger partial charge in [0, 0.05) is 23.8 Å². The molecule has 0 aliphatic heterocycles. The number of anilines is 2. The van der Waals surface area contributed by atoms with Crippen LogP contribution in [0.25, 0.3) is 0 Å². The molecule has 0 atom stereocenters. The van der Waals surface area contributed by atoms with Crippen LogP contribution in [0, 0.1) is 5.82 Å². The van der Waals surface area contributed by atoms with E-state index in [1.54, 1.807) is 16.9 Å². The van der Waals surface area contributed by atoms with Crippen molar-refractivity contribution in [2.24, 2.45) is 0 Å². The quantitative estimate of drug-likeness (QED) is 0.697. The standard InChI is InChI=1S/C19H16ClFN4O2/c1-12(26)23-15-6-7-17(21)18(8-15)24-19(27)14-9-22-25(11-14)10-13-4-2-3-5-16(13)20/h2-9,11H,10H2,1H3,(H,23,26)(H,24,27). The fourth-order valence-electron chi connectivity index (χ4n) is 2.47. The van der Waals surface area contributed by atoms with Crippen molar-refractivity contribution in [2.75, 3.05) is 10.6 Å². The van der Waals surface area contributed by atoms with Crippen LogP contribution in [0.15, 0.2) is 54.9 Å². The zero-order chi connectivity index (χ0) is 19.4. The molecule has 27 heavy (non-hydrogen) atoms. The molecule has 0 saturated carbocycles. The van der Waals surface area contributed by atoms with E-state index in [1.807, 2.05) is 18.2 Å². The van der Waals surface area contributed by atoms with E-state index in [-0.39, 0.29) is 17.2 Å². The second kappa shape index (κ2) is 8.01. The molecule has 2 amide bonds. The number of rotatable bonds is 5. The summed E-state index contributed by atoms with van der Waals surface area (Å²) in [6.07, 6.45) is 2.94. The molecule has 3 aromatic rings. The molecule has 138 valence electrons. The predicted molar refractivity (Wildman–Crippen MR) is 101 cm³/mol. The number of hydrogen-bond acceptors (Lipinski definition) is 3. The molecule has 2 N–H and O–H groups in total. The van der Waals surface area contributed by atoms with Gasteiger partial charge in [-0.25, -0.2) is 4.39 Å². The minimum Gasteiger partial charge on any atom is -0.326 e. The van der Waals surface area contributed by atoms with Crippen LogP contribution < -0.4 is 10.6 Å². The Hall–Kier alpha value is -3.19. The summed E-state index contributed by atoms with van der Waals surface area (Å²) in [5.41, 5.74) is 1.48. The zero-order valence-electron chi connectivity index (χ0n) is 14.4. The SMILES string of the molecule is CC(=O)Nc1ccc(F)c(NC(=O)c2cnn(Cc3ccccc3Cl)c2)c1. The third-order valence-electron chi connectivity index (χ3n) is 3.72. The van der Waals surface area contributed by atoms with E-state index in [1.165, 1.54) is 31.3 Å². The van der Waals surface area contributed by atoms with Crippen molar-refractivity contribution in [3.05, 3.63) is 76.8 Å². The van der Waals surface area contributed by atoms with Gasteiger partial charge in [0.2, 0.25) is 5.91 Å². The maximum atomic E-state index is 14.0. The van der Waals surface area contributed by atoms with Gasteiger partial charge in [-0.1, -0.05) is 29.8 Å². The van der Waals surface area contributed by atoms with Crippen molar-refractivity contribution in [3.8, 4) is 0 Å². The molecule has 0 spiro atoms. The van der Waals surface area contributed by atoms with Crippen LogP contribution in [0.2, 0.25) is 5.02 Å². The smallest absolute Gasteiger partial charge is 0.258 e.